The number of para-hydroxylation sites is 2. The SMILES string of the molecule is COc1cccc(OCCCCn2c(C(C)N3CCN(C)CC3)nc3ccccc32)c1. The van der Waals surface area contributed by atoms with Crippen molar-refractivity contribution >= 4 is 11.0 Å². The molecule has 2 heterocycles. The van der Waals surface area contributed by atoms with Gasteiger partial charge in [0.15, 0.2) is 0 Å². The van der Waals surface area contributed by atoms with Crippen LogP contribution in [-0.2, 0) is 6.54 Å². The molecule has 0 radical (unpaired) electrons. The number of hydrogen-bond donors (Lipinski definition) is 0. The van der Waals surface area contributed by atoms with Gasteiger partial charge in [-0.15, -0.1) is 0 Å². The number of aryl methyl sites for hydroxylation is 1. The van der Waals surface area contributed by atoms with Crippen LogP contribution in [0.1, 0.15) is 31.6 Å². The summed E-state index contributed by atoms with van der Waals surface area (Å²) in [5.74, 6) is 2.86. The lowest BCUT2D eigenvalue weighted by Gasteiger charge is -2.36. The van der Waals surface area contributed by atoms with Crippen LogP contribution in [0.2, 0.25) is 0 Å². The van der Waals surface area contributed by atoms with Crippen molar-refractivity contribution in [2.75, 3.05) is 46.9 Å². The molecule has 1 saturated heterocycles. The molecule has 0 N–H and O–H groups in total. The minimum atomic E-state index is 0.314. The highest BCUT2D eigenvalue weighted by Crippen LogP contribution is 2.26. The van der Waals surface area contributed by atoms with Crippen molar-refractivity contribution < 1.29 is 9.47 Å². The van der Waals surface area contributed by atoms with Gasteiger partial charge in [0.05, 0.1) is 30.8 Å². The van der Waals surface area contributed by atoms with Crippen molar-refractivity contribution in [1.82, 2.24) is 19.4 Å². The van der Waals surface area contributed by atoms with Crippen molar-refractivity contribution in [2.24, 2.45) is 0 Å². The monoisotopic (exact) mass is 422 g/mol. The molecule has 1 aliphatic heterocycles. The number of benzene rings is 2. The van der Waals surface area contributed by atoms with E-state index < -0.39 is 0 Å². The van der Waals surface area contributed by atoms with Crippen LogP contribution in [0.25, 0.3) is 11.0 Å². The molecule has 3 aromatic rings. The second kappa shape index (κ2) is 10.2. The average molecular weight is 423 g/mol. The number of methoxy groups -OCH3 is 1. The summed E-state index contributed by atoms with van der Waals surface area (Å²) < 4.78 is 13.6. The van der Waals surface area contributed by atoms with Gasteiger partial charge in [0, 0.05) is 38.8 Å². The summed E-state index contributed by atoms with van der Waals surface area (Å²) in [5, 5.41) is 0. The standard InChI is InChI=1S/C25H34N4O2/c1-20(28-16-14-27(2)15-17-28)25-26-23-11-4-5-12-24(23)29(25)13-6-7-18-31-22-10-8-9-21(19-22)30-3/h4-5,8-12,19-20H,6-7,13-18H2,1-3H3. The third kappa shape index (κ3) is 5.20. The zero-order valence-electron chi connectivity index (χ0n) is 19.0. The van der Waals surface area contributed by atoms with E-state index in [-0.39, 0.29) is 0 Å². The lowest BCUT2D eigenvalue weighted by Crippen LogP contribution is -2.45. The minimum absolute atomic E-state index is 0.314. The van der Waals surface area contributed by atoms with Crippen molar-refractivity contribution in [3.05, 3.63) is 54.4 Å². The first-order valence-electron chi connectivity index (χ1n) is 11.3. The predicted molar refractivity (Wildman–Crippen MR) is 125 cm³/mol. The van der Waals surface area contributed by atoms with Crippen molar-refractivity contribution in [3.63, 3.8) is 0 Å². The number of unbranched alkanes of at least 4 members (excludes halogenated alkanes) is 1. The molecule has 1 aromatic heterocycles. The van der Waals surface area contributed by atoms with E-state index in [1.54, 1.807) is 7.11 Å². The quantitative estimate of drug-likeness (QED) is 0.483. The van der Waals surface area contributed by atoms with Crippen LogP contribution in [-0.4, -0.2) is 66.3 Å². The maximum Gasteiger partial charge on any atom is 0.127 e. The summed E-state index contributed by atoms with van der Waals surface area (Å²) >= 11 is 0. The van der Waals surface area contributed by atoms with E-state index in [0.717, 1.165) is 62.6 Å². The van der Waals surface area contributed by atoms with Crippen molar-refractivity contribution in [1.29, 1.82) is 0 Å². The van der Waals surface area contributed by atoms with Gasteiger partial charge in [0.2, 0.25) is 0 Å². The normalized spacial score (nSPS) is 16.5. The maximum atomic E-state index is 5.92. The number of aromatic nitrogens is 2. The molecule has 1 aliphatic rings. The van der Waals surface area contributed by atoms with E-state index in [4.69, 9.17) is 14.5 Å². The first kappa shape index (κ1) is 21.7. The highest BCUT2D eigenvalue weighted by Gasteiger charge is 2.24. The molecule has 0 amide bonds. The molecule has 2 aromatic carbocycles. The summed E-state index contributed by atoms with van der Waals surface area (Å²) in [7, 11) is 3.88. The summed E-state index contributed by atoms with van der Waals surface area (Å²) in [6, 6.07) is 16.6. The minimum Gasteiger partial charge on any atom is -0.497 e. The van der Waals surface area contributed by atoms with Crippen LogP contribution in [0, 0.1) is 0 Å². The number of rotatable bonds is 9. The van der Waals surface area contributed by atoms with Crippen LogP contribution in [0.5, 0.6) is 11.5 Å². The van der Waals surface area contributed by atoms with Gasteiger partial charge < -0.3 is 18.9 Å². The van der Waals surface area contributed by atoms with Gasteiger partial charge >= 0.3 is 0 Å². The van der Waals surface area contributed by atoms with Gasteiger partial charge in [-0.1, -0.05) is 18.2 Å². The van der Waals surface area contributed by atoms with Gasteiger partial charge in [-0.3, -0.25) is 4.90 Å². The number of likely N-dealkylation sites (N-methyl/N-ethyl adjacent to an activating group) is 1. The molecular formula is C25H34N4O2. The molecule has 0 aliphatic carbocycles. The van der Waals surface area contributed by atoms with Crippen LogP contribution >= 0.6 is 0 Å². The van der Waals surface area contributed by atoms with Gasteiger partial charge in [-0.05, 0) is 51.1 Å². The molecule has 6 nitrogen and oxygen atoms in total. The zero-order valence-corrected chi connectivity index (χ0v) is 19.0. The molecule has 0 saturated carbocycles. The Morgan fingerprint density at radius 1 is 0.968 bits per heavy atom. The molecule has 0 spiro atoms. The first-order valence-corrected chi connectivity index (χ1v) is 11.3. The number of ether oxygens (including phenoxy) is 2. The largest absolute Gasteiger partial charge is 0.497 e. The molecule has 1 atom stereocenters. The molecule has 4 rings (SSSR count). The Hall–Kier alpha value is -2.57. The third-order valence-corrected chi connectivity index (χ3v) is 6.23. The van der Waals surface area contributed by atoms with Gasteiger partial charge in [0.25, 0.3) is 0 Å². The predicted octanol–water partition coefficient (Wildman–Crippen LogP) is 4.21. The van der Waals surface area contributed by atoms with Crippen LogP contribution in [0.3, 0.4) is 0 Å². The molecule has 166 valence electrons. The first-order chi connectivity index (χ1) is 15.2. The molecule has 0 bridgehead atoms. The van der Waals surface area contributed by atoms with E-state index in [2.05, 4.69) is 52.6 Å². The summed E-state index contributed by atoms with van der Waals surface area (Å²) in [6.07, 6.45) is 2.04. The Balaban J connectivity index is 1.40. The Morgan fingerprint density at radius 3 is 2.55 bits per heavy atom. The molecule has 31 heavy (non-hydrogen) atoms. The Bertz CT molecular complexity index is 979. The number of fused-ring (bicyclic) bond motifs is 1. The summed E-state index contributed by atoms with van der Waals surface area (Å²) in [5.41, 5.74) is 2.32. The number of imidazole rings is 1. The molecule has 1 unspecified atom stereocenters. The van der Waals surface area contributed by atoms with Crippen molar-refractivity contribution in [3.8, 4) is 11.5 Å². The van der Waals surface area contributed by atoms with E-state index in [1.165, 1.54) is 11.3 Å². The van der Waals surface area contributed by atoms with Gasteiger partial charge in [-0.2, -0.15) is 0 Å². The highest BCUT2D eigenvalue weighted by molar-refractivity contribution is 5.76. The lowest BCUT2D eigenvalue weighted by molar-refractivity contribution is 0.113. The van der Waals surface area contributed by atoms with Gasteiger partial charge in [-0.25, -0.2) is 4.98 Å². The average Bonchev–Trinajstić information content (AvgIpc) is 3.17. The van der Waals surface area contributed by atoms with Crippen LogP contribution in [0.15, 0.2) is 48.5 Å². The van der Waals surface area contributed by atoms with Crippen LogP contribution in [0.4, 0.5) is 0 Å². The van der Waals surface area contributed by atoms with Crippen molar-refractivity contribution in [2.45, 2.75) is 32.4 Å². The summed E-state index contributed by atoms with van der Waals surface area (Å²) in [4.78, 5) is 9.99. The third-order valence-electron chi connectivity index (χ3n) is 6.23. The maximum absolute atomic E-state index is 5.92. The van der Waals surface area contributed by atoms with Gasteiger partial charge in [0.1, 0.15) is 17.3 Å². The Labute approximate surface area is 185 Å². The fourth-order valence-corrected chi connectivity index (χ4v) is 4.27. The number of hydrogen-bond acceptors (Lipinski definition) is 5. The number of nitrogens with zero attached hydrogens (tertiary/aromatic N) is 4. The van der Waals surface area contributed by atoms with E-state index in [9.17, 15) is 0 Å². The van der Waals surface area contributed by atoms with E-state index in [1.807, 2.05) is 24.3 Å². The fourth-order valence-electron chi connectivity index (χ4n) is 4.27. The van der Waals surface area contributed by atoms with Crippen LogP contribution < -0.4 is 9.47 Å². The number of piperazine rings is 1. The lowest BCUT2D eigenvalue weighted by atomic mass is 10.2. The zero-order chi connectivity index (χ0) is 21.6. The highest BCUT2D eigenvalue weighted by atomic mass is 16.5. The molecular weight excluding hydrogens is 388 g/mol. The molecule has 6 heteroatoms. The Kier molecular flexibility index (Phi) is 7.10. The topological polar surface area (TPSA) is 42.8 Å². The molecule has 1 fully saturated rings. The van der Waals surface area contributed by atoms with E-state index >= 15 is 0 Å². The Morgan fingerprint density at radius 2 is 1.74 bits per heavy atom. The second-order valence-corrected chi connectivity index (χ2v) is 8.36. The summed E-state index contributed by atoms with van der Waals surface area (Å²) in [6.45, 7) is 8.37. The smallest absolute Gasteiger partial charge is 0.127 e. The second-order valence-electron chi connectivity index (χ2n) is 8.36. The van der Waals surface area contributed by atoms with E-state index in [0.29, 0.717) is 12.6 Å². The fraction of sp³-hybridized carbons (Fsp3) is 0.480.